The minimum absolute atomic E-state index is 0. The van der Waals surface area contributed by atoms with Gasteiger partial charge in [0, 0.05) is 0 Å². The summed E-state index contributed by atoms with van der Waals surface area (Å²) < 4.78 is 0. The molecule has 6 heteroatoms. The molecule has 0 atom stereocenters. The van der Waals surface area contributed by atoms with E-state index in [0.29, 0.717) is 10.8 Å². The Kier molecular flexibility index (Phi) is 18.9. The number of benzene rings is 4. The minimum atomic E-state index is -1.24. The Hall–Kier alpha value is -1.79. The van der Waals surface area contributed by atoms with Crippen LogP contribution in [0.1, 0.15) is 88.7 Å². The fraction of sp³-hybridized carbons (Fsp3) is 0.429. The first-order chi connectivity index (χ1) is 28.3. The number of hydrogen-bond donors (Lipinski definition) is 0. The summed E-state index contributed by atoms with van der Waals surface area (Å²) in [7, 11) is -2.47. The van der Waals surface area contributed by atoms with Gasteiger partial charge in [0.05, 0.1) is 16.1 Å². The van der Waals surface area contributed by atoms with Gasteiger partial charge in [0.25, 0.3) is 0 Å². The average Bonchev–Trinajstić information content (AvgIpc) is 4.09. The molecule has 0 spiro atoms. The second-order valence-corrected chi connectivity index (χ2v) is 31.3. The molecule has 0 unspecified atom stereocenters. The van der Waals surface area contributed by atoms with E-state index in [0.717, 1.165) is 18.3 Å². The second kappa shape index (κ2) is 22.1. The summed E-state index contributed by atoms with van der Waals surface area (Å²) in [5.41, 5.74) is 9.92. The van der Waals surface area contributed by atoms with Gasteiger partial charge in [-0.1, -0.05) is 128 Å². The summed E-state index contributed by atoms with van der Waals surface area (Å²) in [6, 6.07) is 42.4. The van der Waals surface area contributed by atoms with Crippen molar-refractivity contribution in [2.75, 3.05) is 0 Å². The first-order valence-corrected chi connectivity index (χ1v) is 34.1. The number of rotatable bonds is 8. The molecule has 0 aliphatic heterocycles. The molecular formula is C56H74Cl2Si3Zr-4. The molecule has 4 aliphatic rings. The Morgan fingerprint density at radius 2 is 0.903 bits per heavy atom. The number of halogens is 2. The van der Waals surface area contributed by atoms with Crippen molar-refractivity contribution in [3.8, 4) is 22.3 Å². The molecule has 4 bridgehead atoms. The van der Waals surface area contributed by atoms with Crippen molar-refractivity contribution in [2.45, 2.75) is 130 Å². The van der Waals surface area contributed by atoms with Gasteiger partial charge in [-0.05, 0) is 111 Å². The van der Waals surface area contributed by atoms with Crippen molar-refractivity contribution in [3.63, 3.8) is 0 Å². The molecule has 0 N–H and O–H groups in total. The van der Waals surface area contributed by atoms with Gasteiger partial charge in [-0.15, -0.1) is 93.9 Å². The maximum atomic E-state index is 3.49. The van der Waals surface area contributed by atoms with E-state index in [1.807, 2.05) is 6.92 Å². The molecule has 0 amide bonds. The van der Waals surface area contributed by atoms with E-state index >= 15 is 0 Å². The van der Waals surface area contributed by atoms with Gasteiger partial charge in [-0.25, -0.2) is 0 Å². The molecular weight excluding hydrogens is 919 g/mol. The monoisotopic (exact) mass is 990 g/mol. The third-order valence-electron chi connectivity index (χ3n) is 14.7. The van der Waals surface area contributed by atoms with Crippen molar-refractivity contribution < 1.29 is 23.3 Å². The van der Waals surface area contributed by atoms with E-state index in [1.165, 1.54) is 155 Å². The van der Waals surface area contributed by atoms with E-state index in [4.69, 9.17) is 0 Å². The summed E-state index contributed by atoms with van der Waals surface area (Å²) in [5, 5.41) is 8.80. The molecule has 6 aromatic carbocycles. The molecule has 0 aromatic heterocycles. The molecule has 6 aromatic rings. The molecule has 0 nitrogen and oxygen atoms in total. The summed E-state index contributed by atoms with van der Waals surface area (Å²) in [5.74, 6) is 2.07. The third kappa shape index (κ3) is 12.0. The SMILES string of the molecule is C[Si](C)(C)c1ccc(-c2cccc3[cH-]c(CC45CCC(CC4)C5)cc23)cc1.C[Si](C)(C)c1ccc(-c2cccc3[cH-]c(CC45CCC(CC4)C5)cc23)cc1.Cl.Cl.[CH2-]CC.[CH3-].[Si]=[Zr]. The zero-order valence-electron chi connectivity index (χ0n) is 39.3. The van der Waals surface area contributed by atoms with E-state index < -0.39 is 16.1 Å². The van der Waals surface area contributed by atoms with Crippen LogP contribution in [0.3, 0.4) is 0 Å². The Labute approximate surface area is 409 Å². The fourth-order valence-electron chi connectivity index (χ4n) is 11.6. The maximum absolute atomic E-state index is 3.49. The van der Waals surface area contributed by atoms with Crippen molar-refractivity contribution >= 4 is 79.8 Å². The Bertz CT molecular complexity index is 2140. The van der Waals surface area contributed by atoms with Crippen LogP contribution in [0.4, 0.5) is 0 Å². The van der Waals surface area contributed by atoms with Crippen LogP contribution in [0.15, 0.2) is 109 Å². The van der Waals surface area contributed by atoms with Crippen LogP contribution in [0.25, 0.3) is 43.8 Å². The zero-order chi connectivity index (χ0) is 42.0. The molecule has 4 fully saturated rings. The summed E-state index contributed by atoms with van der Waals surface area (Å²) >= 11 is 1.36. The molecule has 62 heavy (non-hydrogen) atoms. The Balaban J connectivity index is 0.000000237. The average molecular weight is 994 g/mol. The molecule has 4 aliphatic carbocycles. The van der Waals surface area contributed by atoms with Crippen LogP contribution >= 0.6 is 24.8 Å². The van der Waals surface area contributed by atoms with E-state index in [9.17, 15) is 0 Å². The predicted molar refractivity (Wildman–Crippen MR) is 284 cm³/mol. The Morgan fingerprint density at radius 1 is 0.581 bits per heavy atom. The third-order valence-corrected chi connectivity index (χ3v) is 18.8. The second-order valence-electron chi connectivity index (χ2n) is 21.1. The normalized spacial score (nSPS) is 21.9. The van der Waals surface area contributed by atoms with Gasteiger partial charge in [0.1, 0.15) is 0 Å². The van der Waals surface area contributed by atoms with Crippen molar-refractivity contribution in [3.05, 3.63) is 135 Å². The van der Waals surface area contributed by atoms with Crippen LogP contribution in [0, 0.1) is 37.0 Å². The molecule has 332 valence electrons. The van der Waals surface area contributed by atoms with Gasteiger partial charge in [-0.2, -0.15) is 18.6 Å². The van der Waals surface area contributed by atoms with Crippen LogP contribution in [-0.4, -0.2) is 23.0 Å². The van der Waals surface area contributed by atoms with Crippen LogP contribution in [0.5, 0.6) is 0 Å². The fourth-order valence-corrected chi connectivity index (χ4v) is 13.9. The van der Waals surface area contributed by atoms with Gasteiger partial charge in [0.2, 0.25) is 0 Å². The molecule has 0 saturated heterocycles. The summed E-state index contributed by atoms with van der Waals surface area (Å²) in [4.78, 5) is 0. The molecule has 0 heterocycles. The topological polar surface area (TPSA) is 0 Å². The first-order valence-electron chi connectivity index (χ1n) is 22.9. The van der Waals surface area contributed by atoms with Crippen molar-refractivity contribution in [1.82, 2.24) is 0 Å². The Morgan fingerprint density at radius 3 is 1.18 bits per heavy atom. The van der Waals surface area contributed by atoms with Crippen molar-refractivity contribution in [2.24, 2.45) is 22.7 Å². The van der Waals surface area contributed by atoms with Gasteiger partial charge in [0.15, 0.2) is 0 Å². The van der Waals surface area contributed by atoms with Crippen molar-refractivity contribution in [1.29, 1.82) is 0 Å². The first kappa shape index (κ1) is 52.8. The van der Waals surface area contributed by atoms with Crippen LogP contribution < -0.4 is 10.4 Å². The van der Waals surface area contributed by atoms with E-state index in [-0.39, 0.29) is 32.2 Å². The van der Waals surface area contributed by atoms with Crippen LogP contribution in [0.2, 0.25) is 39.3 Å². The molecule has 4 saturated carbocycles. The number of fused-ring (bicyclic) bond motifs is 6. The van der Waals surface area contributed by atoms with Gasteiger partial charge < -0.3 is 14.4 Å². The van der Waals surface area contributed by atoms with Gasteiger partial charge >= 0.3 is 30.2 Å². The number of hydrogen-bond acceptors (Lipinski definition) is 0. The molecule has 10 rings (SSSR count). The summed E-state index contributed by atoms with van der Waals surface area (Å²) in [6.45, 7) is 23.1. The van der Waals surface area contributed by atoms with E-state index in [2.05, 4.69) is 162 Å². The van der Waals surface area contributed by atoms with E-state index in [1.54, 1.807) is 11.1 Å². The van der Waals surface area contributed by atoms with Crippen LogP contribution in [-0.2, 0) is 36.2 Å². The predicted octanol–water partition coefficient (Wildman–Crippen LogP) is 15.9. The van der Waals surface area contributed by atoms with Gasteiger partial charge in [-0.3, -0.25) is 0 Å². The standard InChI is InChI=1S/2C26H31Si.C3H7.CH3.2ClH.Si.Zr/c2*1-27(2,3)23-9-7-21(8-10-23)24-6-4-5-22-15-20(16-25(22)24)18-26-13-11-19(17-26)12-14-26;1-3-2;;;;;/h2*4-10,15-16,19H,11-14,17-18H2,1-3H3;1,3H2,2H3;1H3;2*1H;;/q4*-1;;;;. The zero-order valence-corrected chi connectivity index (χ0v) is 46.4. The summed E-state index contributed by atoms with van der Waals surface area (Å²) in [6.07, 6.45) is 18.3. The quantitative estimate of drug-likeness (QED) is 0.105. The molecule has 2 radical (unpaired) electrons.